The SMILES string of the molecule is CC1(C)c2ccccc2-c2ccc(N(c3ccccc3)c3ccc4c5c(cccc35)Oc3cc(N(c5ccccc5)c5ccccc5)ccc3-4)cc21. The van der Waals surface area contributed by atoms with Crippen molar-refractivity contribution in [3.63, 3.8) is 0 Å². The predicted molar refractivity (Wildman–Crippen MR) is 216 cm³/mol. The number of nitrogens with zero attached hydrogens (tertiary/aromatic N) is 2. The zero-order valence-electron chi connectivity index (χ0n) is 29.1. The van der Waals surface area contributed by atoms with Crippen molar-refractivity contribution < 1.29 is 4.74 Å². The molecule has 0 saturated carbocycles. The first-order chi connectivity index (χ1) is 25.6. The van der Waals surface area contributed by atoms with E-state index >= 15 is 0 Å². The van der Waals surface area contributed by atoms with Gasteiger partial charge in [-0.2, -0.15) is 0 Å². The third kappa shape index (κ3) is 4.66. The van der Waals surface area contributed by atoms with Crippen molar-refractivity contribution in [1.29, 1.82) is 0 Å². The Morgan fingerprint density at radius 2 is 0.942 bits per heavy atom. The Bertz CT molecular complexity index is 2590. The van der Waals surface area contributed by atoms with Gasteiger partial charge in [-0.15, -0.1) is 0 Å². The van der Waals surface area contributed by atoms with Crippen molar-refractivity contribution in [2.24, 2.45) is 0 Å². The lowest BCUT2D eigenvalue weighted by Gasteiger charge is -2.31. The highest BCUT2D eigenvalue weighted by Crippen LogP contribution is 2.54. The van der Waals surface area contributed by atoms with Crippen molar-refractivity contribution in [2.45, 2.75) is 19.3 Å². The van der Waals surface area contributed by atoms with Crippen LogP contribution in [0.2, 0.25) is 0 Å². The Labute approximate surface area is 304 Å². The Kier molecular flexibility index (Phi) is 6.84. The molecule has 0 bridgehead atoms. The zero-order chi connectivity index (χ0) is 34.8. The summed E-state index contributed by atoms with van der Waals surface area (Å²) in [5.74, 6) is 1.71. The van der Waals surface area contributed by atoms with E-state index in [4.69, 9.17) is 4.74 Å². The summed E-state index contributed by atoms with van der Waals surface area (Å²) < 4.78 is 6.84. The van der Waals surface area contributed by atoms with Crippen LogP contribution < -0.4 is 14.5 Å². The standard InChI is InChI=1S/C49H36N2O/c1-49(2)43-23-13-12-21-38(43)39-27-25-36(31-44(39)49)51(35-19-10-5-11-20-35)45-30-29-41-40-28-26-37(32-47(40)52-46-24-14-22-42(45)48(41)46)50(33-15-6-3-7-16-33)34-17-8-4-9-18-34/h3-32H,1-2H3. The Balaban J connectivity index is 1.12. The van der Waals surface area contributed by atoms with E-state index in [2.05, 4.69) is 206 Å². The van der Waals surface area contributed by atoms with E-state index in [1.165, 1.54) is 27.8 Å². The fourth-order valence-electron chi connectivity index (χ4n) is 8.37. The first-order valence-electron chi connectivity index (χ1n) is 17.9. The number of ether oxygens (including phenoxy) is 1. The molecule has 0 aromatic heterocycles. The molecule has 0 fully saturated rings. The second-order valence-corrected chi connectivity index (χ2v) is 14.2. The average Bonchev–Trinajstić information content (AvgIpc) is 3.42. The maximum absolute atomic E-state index is 6.84. The molecule has 0 spiro atoms. The van der Waals surface area contributed by atoms with Crippen LogP contribution >= 0.6 is 0 Å². The highest BCUT2D eigenvalue weighted by atomic mass is 16.5. The summed E-state index contributed by atoms with van der Waals surface area (Å²) in [5, 5.41) is 2.27. The minimum Gasteiger partial charge on any atom is -0.456 e. The minimum absolute atomic E-state index is 0.1000. The van der Waals surface area contributed by atoms with E-state index in [1.807, 2.05) is 0 Å². The van der Waals surface area contributed by atoms with Crippen LogP contribution in [0.4, 0.5) is 34.1 Å². The van der Waals surface area contributed by atoms with Gasteiger partial charge >= 0.3 is 0 Å². The summed E-state index contributed by atoms with van der Waals surface area (Å²) in [6.45, 7) is 4.69. The van der Waals surface area contributed by atoms with Crippen LogP contribution in [-0.4, -0.2) is 0 Å². The molecule has 0 unspecified atom stereocenters. The molecule has 0 saturated heterocycles. The Morgan fingerprint density at radius 3 is 1.63 bits per heavy atom. The molecule has 1 aliphatic heterocycles. The molecular weight excluding hydrogens is 633 g/mol. The molecule has 0 amide bonds. The number of benzene rings is 8. The highest BCUT2D eigenvalue weighted by Gasteiger charge is 2.36. The normalized spacial score (nSPS) is 13.1. The van der Waals surface area contributed by atoms with Crippen molar-refractivity contribution in [1.82, 2.24) is 0 Å². The van der Waals surface area contributed by atoms with Crippen LogP contribution in [0.15, 0.2) is 182 Å². The third-order valence-electron chi connectivity index (χ3n) is 10.8. The summed E-state index contributed by atoms with van der Waals surface area (Å²) in [7, 11) is 0. The summed E-state index contributed by atoms with van der Waals surface area (Å²) in [5.41, 5.74) is 14.1. The molecule has 2 aliphatic rings. The molecule has 248 valence electrons. The molecule has 3 nitrogen and oxygen atoms in total. The molecular formula is C49H36N2O. The number of fused-ring (bicyclic) bond motifs is 5. The topological polar surface area (TPSA) is 15.7 Å². The van der Waals surface area contributed by atoms with Gasteiger partial charge in [0.15, 0.2) is 0 Å². The van der Waals surface area contributed by atoms with Crippen molar-refractivity contribution in [3.8, 4) is 33.8 Å². The monoisotopic (exact) mass is 668 g/mol. The fourth-order valence-corrected chi connectivity index (χ4v) is 8.37. The lowest BCUT2D eigenvalue weighted by Crippen LogP contribution is -2.16. The van der Waals surface area contributed by atoms with Gasteiger partial charge in [0, 0.05) is 56.3 Å². The van der Waals surface area contributed by atoms with Crippen molar-refractivity contribution in [2.75, 3.05) is 9.80 Å². The molecule has 0 atom stereocenters. The van der Waals surface area contributed by atoms with Crippen molar-refractivity contribution >= 4 is 44.9 Å². The summed E-state index contributed by atoms with van der Waals surface area (Å²) in [6, 6.07) is 65.1. The largest absolute Gasteiger partial charge is 0.456 e. The second-order valence-electron chi connectivity index (χ2n) is 14.2. The molecule has 8 aromatic carbocycles. The smallest absolute Gasteiger partial charge is 0.137 e. The lowest BCUT2D eigenvalue weighted by molar-refractivity contribution is 0.487. The Hall–Kier alpha value is -6.58. The van der Waals surface area contributed by atoms with Gasteiger partial charge in [0.05, 0.1) is 5.69 Å². The molecule has 8 aromatic rings. The predicted octanol–water partition coefficient (Wildman–Crippen LogP) is 13.9. The van der Waals surface area contributed by atoms with Gasteiger partial charge in [-0.05, 0) is 101 Å². The van der Waals surface area contributed by atoms with Gasteiger partial charge in [0.25, 0.3) is 0 Å². The summed E-state index contributed by atoms with van der Waals surface area (Å²) in [6.07, 6.45) is 0. The van der Waals surface area contributed by atoms with Gasteiger partial charge in [-0.3, -0.25) is 0 Å². The van der Waals surface area contributed by atoms with Crippen LogP contribution in [0.25, 0.3) is 33.0 Å². The number of anilines is 6. The molecule has 1 heterocycles. The van der Waals surface area contributed by atoms with Gasteiger partial charge in [-0.1, -0.05) is 117 Å². The number of rotatable bonds is 6. The van der Waals surface area contributed by atoms with Gasteiger partial charge in [0.2, 0.25) is 0 Å². The second kappa shape index (κ2) is 11.8. The van der Waals surface area contributed by atoms with E-state index in [1.54, 1.807) is 0 Å². The van der Waals surface area contributed by atoms with Crippen LogP contribution in [0.1, 0.15) is 25.0 Å². The maximum Gasteiger partial charge on any atom is 0.137 e. The van der Waals surface area contributed by atoms with Gasteiger partial charge in [-0.25, -0.2) is 0 Å². The fraction of sp³-hybridized carbons (Fsp3) is 0.0612. The average molecular weight is 669 g/mol. The minimum atomic E-state index is -0.1000. The lowest BCUT2D eigenvalue weighted by atomic mass is 9.82. The first kappa shape index (κ1) is 30.3. The van der Waals surface area contributed by atoms with E-state index in [-0.39, 0.29) is 5.41 Å². The van der Waals surface area contributed by atoms with Crippen LogP contribution in [0.3, 0.4) is 0 Å². The molecule has 3 heteroatoms. The molecule has 1 aliphatic carbocycles. The number of hydrogen-bond acceptors (Lipinski definition) is 3. The van der Waals surface area contributed by atoms with Crippen LogP contribution in [-0.2, 0) is 5.41 Å². The van der Waals surface area contributed by atoms with E-state index in [9.17, 15) is 0 Å². The molecule has 10 rings (SSSR count). The Morgan fingerprint density at radius 1 is 0.385 bits per heavy atom. The van der Waals surface area contributed by atoms with Gasteiger partial charge in [0.1, 0.15) is 11.5 Å². The quantitative estimate of drug-likeness (QED) is 0.175. The third-order valence-corrected chi connectivity index (χ3v) is 10.8. The van der Waals surface area contributed by atoms with E-state index in [0.29, 0.717) is 0 Å². The molecule has 0 N–H and O–H groups in total. The zero-order valence-corrected chi connectivity index (χ0v) is 29.1. The molecule has 0 radical (unpaired) electrons. The van der Waals surface area contributed by atoms with E-state index in [0.717, 1.165) is 62.0 Å². The maximum atomic E-state index is 6.84. The van der Waals surface area contributed by atoms with Crippen molar-refractivity contribution in [3.05, 3.63) is 193 Å². The highest BCUT2D eigenvalue weighted by molar-refractivity contribution is 6.11. The van der Waals surface area contributed by atoms with Gasteiger partial charge < -0.3 is 14.5 Å². The number of para-hydroxylation sites is 3. The summed E-state index contributed by atoms with van der Waals surface area (Å²) in [4.78, 5) is 4.68. The van der Waals surface area contributed by atoms with E-state index < -0.39 is 0 Å². The summed E-state index contributed by atoms with van der Waals surface area (Å²) >= 11 is 0. The van der Waals surface area contributed by atoms with Crippen LogP contribution in [0.5, 0.6) is 11.5 Å². The van der Waals surface area contributed by atoms with Crippen LogP contribution in [0, 0.1) is 0 Å². The molecule has 52 heavy (non-hydrogen) atoms. The number of hydrogen-bond donors (Lipinski definition) is 0. The first-order valence-corrected chi connectivity index (χ1v) is 17.9.